The molecule has 0 fully saturated rings. The zero-order valence-electron chi connectivity index (χ0n) is 15.9. The molecule has 29 heavy (non-hydrogen) atoms. The van der Waals surface area contributed by atoms with E-state index in [0.29, 0.717) is 21.9 Å². The van der Waals surface area contributed by atoms with Gasteiger partial charge in [0.15, 0.2) is 22.4 Å². The molecule has 1 heterocycles. The molecule has 0 aliphatic carbocycles. The number of nitrogens with one attached hydrogen (secondary N) is 2. The van der Waals surface area contributed by atoms with Crippen molar-refractivity contribution in [2.45, 2.75) is 26.5 Å². The minimum Gasteiger partial charge on any atom is -0.490 e. The van der Waals surface area contributed by atoms with Gasteiger partial charge in [-0.25, -0.2) is 0 Å². The van der Waals surface area contributed by atoms with E-state index < -0.39 is 12.7 Å². The van der Waals surface area contributed by atoms with Gasteiger partial charge < -0.3 is 20.1 Å². The quantitative estimate of drug-likeness (QED) is 0.657. The summed E-state index contributed by atoms with van der Waals surface area (Å²) < 4.78 is 35.4. The molecule has 0 aromatic heterocycles. The van der Waals surface area contributed by atoms with Gasteiger partial charge in [0.1, 0.15) is 0 Å². The lowest BCUT2D eigenvalue weighted by molar-refractivity contribution is -0.113. The normalized spacial score (nSPS) is 16.3. The first kappa shape index (κ1) is 20.7. The molecule has 8 heteroatoms. The first-order chi connectivity index (χ1) is 13.9. The van der Waals surface area contributed by atoms with Crippen LogP contribution in [0.5, 0.6) is 11.5 Å². The molecule has 3 rings (SSSR count). The number of ketones is 1. The molecular formula is C21H20F2N2O3S. The van der Waals surface area contributed by atoms with Gasteiger partial charge in [0.05, 0.1) is 18.3 Å². The smallest absolute Gasteiger partial charge is 0.387 e. The van der Waals surface area contributed by atoms with Crippen LogP contribution in [0.25, 0.3) is 5.70 Å². The third-order valence-electron chi connectivity index (χ3n) is 4.33. The number of rotatable bonds is 7. The van der Waals surface area contributed by atoms with Crippen molar-refractivity contribution in [1.82, 2.24) is 10.6 Å². The second-order valence-corrected chi connectivity index (χ2v) is 6.67. The van der Waals surface area contributed by atoms with Crippen LogP contribution in [0.2, 0.25) is 0 Å². The predicted octanol–water partition coefficient (Wildman–Crippen LogP) is 4.21. The van der Waals surface area contributed by atoms with E-state index in [1.807, 2.05) is 30.3 Å². The number of benzene rings is 2. The highest BCUT2D eigenvalue weighted by Crippen LogP contribution is 2.37. The maximum Gasteiger partial charge on any atom is 0.387 e. The summed E-state index contributed by atoms with van der Waals surface area (Å²) in [5, 5.41) is 6.51. The summed E-state index contributed by atoms with van der Waals surface area (Å²) >= 11 is 5.34. The van der Waals surface area contributed by atoms with Gasteiger partial charge in [-0.3, -0.25) is 4.79 Å². The number of carbonyl (C=O) groups excluding carboxylic acids is 1. The standard InChI is InChI=1S/C21H20F2N2O3S/c1-3-27-16-11-14(9-10-15(16)28-20(22)23)19-17(12(2)26)18(24-21(29)25-19)13-7-5-4-6-8-13/h4-11,19-20H,3H2,1-2H3,(H2,24,25,29)/t19-/m0/s1. The van der Waals surface area contributed by atoms with Gasteiger partial charge in [-0.1, -0.05) is 36.4 Å². The van der Waals surface area contributed by atoms with E-state index in [2.05, 4.69) is 15.4 Å². The molecule has 1 aliphatic heterocycles. The highest BCUT2D eigenvalue weighted by molar-refractivity contribution is 7.80. The second-order valence-electron chi connectivity index (χ2n) is 6.26. The van der Waals surface area contributed by atoms with E-state index in [0.717, 1.165) is 5.56 Å². The van der Waals surface area contributed by atoms with Crippen LogP contribution in [-0.4, -0.2) is 24.1 Å². The Bertz CT molecular complexity index is 948. The van der Waals surface area contributed by atoms with Gasteiger partial charge in [0, 0.05) is 5.57 Å². The Hall–Kier alpha value is -3.00. The SMILES string of the molecule is CCOc1cc([C@@H]2NC(=S)NC(c3ccccc3)=C2C(C)=O)ccc1OC(F)F. The first-order valence-electron chi connectivity index (χ1n) is 9.00. The van der Waals surface area contributed by atoms with Gasteiger partial charge in [-0.05, 0) is 49.3 Å². The molecule has 152 valence electrons. The fourth-order valence-corrected chi connectivity index (χ4v) is 3.41. The van der Waals surface area contributed by atoms with Crippen LogP contribution in [0.1, 0.15) is 31.0 Å². The predicted molar refractivity (Wildman–Crippen MR) is 110 cm³/mol. The van der Waals surface area contributed by atoms with Crippen LogP contribution < -0.4 is 20.1 Å². The lowest BCUT2D eigenvalue weighted by Gasteiger charge is -2.31. The average Bonchev–Trinajstić information content (AvgIpc) is 2.69. The van der Waals surface area contributed by atoms with Crippen molar-refractivity contribution in [2.75, 3.05) is 6.61 Å². The minimum atomic E-state index is -2.97. The lowest BCUT2D eigenvalue weighted by atomic mass is 9.90. The molecule has 2 aromatic carbocycles. The number of hydrogen-bond acceptors (Lipinski definition) is 4. The van der Waals surface area contributed by atoms with Crippen molar-refractivity contribution in [2.24, 2.45) is 0 Å². The second kappa shape index (κ2) is 9.00. The first-order valence-corrected chi connectivity index (χ1v) is 9.41. The van der Waals surface area contributed by atoms with E-state index >= 15 is 0 Å². The molecule has 5 nitrogen and oxygen atoms in total. The number of alkyl halides is 2. The Morgan fingerprint density at radius 2 is 1.90 bits per heavy atom. The van der Waals surface area contributed by atoms with Crippen LogP contribution >= 0.6 is 12.2 Å². The van der Waals surface area contributed by atoms with Crippen LogP contribution in [0.15, 0.2) is 54.1 Å². The summed E-state index contributed by atoms with van der Waals surface area (Å²) in [5.41, 5.74) is 2.54. The Labute approximate surface area is 172 Å². The van der Waals surface area contributed by atoms with Crippen LogP contribution in [0.4, 0.5) is 8.78 Å². The Balaban J connectivity index is 2.11. The fourth-order valence-electron chi connectivity index (χ4n) is 3.19. The third-order valence-corrected chi connectivity index (χ3v) is 4.55. The van der Waals surface area contributed by atoms with E-state index in [1.54, 1.807) is 19.1 Å². The summed E-state index contributed by atoms with van der Waals surface area (Å²) in [6.07, 6.45) is 0. The summed E-state index contributed by atoms with van der Waals surface area (Å²) in [4.78, 5) is 12.6. The molecule has 2 aromatic rings. The van der Waals surface area contributed by atoms with Gasteiger partial charge in [0.2, 0.25) is 0 Å². The molecule has 0 saturated heterocycles. The average molecular weight is 418 g/mol. The van der Waals surface area contributed by atoms with Gasteiger partial charge in [-0.15, -0.1) is 0 Å². The third kappa shape index (κ3) is 4.71. The molecule has 2 N–H and O–H groups in total. The molecule has 0 spiro atoms. The molecule has 0 bridgehead atoms. The Kier molecular flexibility index (Phi) is 6.43. The van der Waals surface area contributed by atoms with Crippen LogP contribution in [0, 0.1) is 0 Å². The maximum atomic E-state index is 12.7. The van der Waals surface area contributed by atoms with Crippen molar-refractivity contribution in [1.29, 1.82) is 0 Å². The van der Waals surface area contributed by atoms with Crippen molar-refractivity contribution < 1.29 is 23.0 Å². The summed E-state index contributed by atoms with van der Waals surface area (Å²) in [5.74, 6) is -0.0540. The van der Waals surface area contributed by atoms with E-state index in [1.165, 1.54) is 13.0 Å². The molecule has 0 unspecified atom stereocenters. The molecule has 0 saturated carbocycles. The monoisotopic (exact) mass is 418 g/mol. The van der Waals surface area contributed by atoms with Gasteiger partial charge in [-0.2, -0.15) is 8.78 Å². The number of halogens is 2. The molecule has 0 amide bonds. The Morgan fingerprint density at radius 1 is 1.17 bits per heavy atom. The molecular weight excluding hydrogens is 398 g/mol. The fraction of sp³-hybridized carbons (Fsp3) is 0.238. The topological polar surface area (TPSA) is 59.6 Å². The number of Topliss-reactive ketones (excluding diaryl/α,β-unsaturated/α-hetero) is 1. The zero-order valence-corrected chi connectivity index (χ0v) is 16.7. The number of ether oxygens (including phenoxy) is 2. The summed E-state index contributed by atoms with van der Waals surface area (Å²) in [6, 6.07) is 13.4. The van der Waals surface area contributed by atoms with E-state index in [-0.39, 0.29) is 23.9 Å². The number of hydrogen-bond donors (Lipinski definition) is 2. The van der Waals surface area contributed by atoms with Crippen LogP contribution in [0.3, 0.4) is 0 Å². The van der Waals surface area contributed by atoms with Crippen molar-refractivity contribution in [3.63, 3.8) is 0 Å². The largest absolute Gasteiger partial charge is 0.490 e. The summed E-state index contributed by atoms with van der Waals surface area (Å²) in [6.45, 7) is 0.513. The van der Waals surface area contributed by atoms with Crippen molar-refractivity contribution >= 4 is 28.8 Å². The number of carbonyl (C=O) groups is 1. The van der Waals surface area contributed by atoms with Crippen molar-refractivity contribution in [3.05, 3.63) is 65.2 Å². The molecule has 1 aliphatic rings. The van der Waals surface area contributed by atoms with Gasteiger partial charge in [0.25, 0.3) is 0 Å². The van der Waals surface area contributed by atoms with Crippen LogP contribution in [-0.2, 0) is 4.79 Å². The van der Waals surface area contributed by atoms with E-state index in [9.17, 15) is 13.6 Å². The highest BCUT2D eigenvalue weighted by Gasteiger charge is 2.31. The maximum absolute atomic E-state index is 12.7. The number of thiocarbonyl (C=S) groups is 1. The molecule has 1 atom stereocenters. The van der Waals surface area contributed by atoms with Crippen molar-refractivity contribution in [3.8, 4) is 11.5 Å². The van der Waals surface area contributed by atoms with E-state index in [4.69, 9.17) is 17.0 Å². The Morgan fingerprint density at radius 3 is 2.52 bits per heavy atom. The minimum absolute atomic E-state index is 0.0706. The zero-order chi connectivity index (χ0) is 21.0. The van der Waals surface area contributed by atoms with Gasteiger partial charge >= 0.3 is 6.61 Å². The lowest BCUT2D eigenvalue weighted by Crippen LogP contribution is -2.44. The summed E-state index contributed by atoms with van der Waals surface area (Å²) in [7, 11) is 0. The molecule has 0 radical (unpaired) electrons. The highest BCUT2D eigenvalue weighted by atomic mass is 32.1.